The summed E-state index contributed by atoms with van der Waals surface area (Å²) in [4.78, 5) is 9.29. The van der Waals surface area contributed by atoms with Gasteiger partial charge in [0.05, 0.1) is 5.75 Å². The van der Waals surface area contributed by atoms with Gasteiger partial charge in [0, 0.05) is 29.6 Å². The molecule has 3 nitrogen and oxygen atoms in total. The van der Waals surface area contributed by atoms with Crippen LogP contribution in [0.1, 0.15) is 0 Å². The summed E-state index contributed by atoms with van der Waals surface area (Å²) in [7, 11) is 0. The monoisotopic (exact) mass is 132 g/mol. The van der Waals surface area contributed by atoms with Crippen LogP contribution >= 0.6 is 12.6 Å². The van der Waals surface area contributed by atoms with E-state index in [0.29, 0.717) is 0 Å². The molecule has 0 atom stereocenters. The van der Waals surface area contributed by atoms with Gasteiger partial charge in [-0.2, -0.15) is 12.6 Å². The average Bonchev–Trinajstić information content (AvgIpc) is 1.38. The summed E-state index contributed by atoms with van der Waals surface area (Å²) in [5, 5.41) is 7.65. The molecule has 0 unspecified atom stereocenters. The van der Waals surface area contributed by atoms with Gasteiger partial charge in [-0.1, -0.05) is 0 Å². The largest absolute Gasteiger partial charge is 0.481 e. The fraction of sp³-hybridized carbons (Fsp3) is 0.500. The molecule has 0 heterocycles. The molecule has 0 amide bonds. The summed E-state index contributed by atoms with van der Waals surface area (Å²) in [6.07, 6.45) is 0. The third-order valence-electron chi connectivity index (χ3n) is 0.135. The Morgan fingerprint density at radius 3 is 1.86 bits per heavy atom. The maximum atomic E-state index is 9.29. The van der Waals surface area contributed by atoms with Crippen LogP contribution in [0.2, 0.25) is 0 Å². The molecule has 0 aliphatic heterocycles. The van der Waals surface area contributed by atoms with Crippen molar-refractivity contribution in [1.29, 1.82) is 0 Å². The van der Waals surface area contributed by atoms with E-state index in [1.165, 1.54) is 0 Å². The van der Waals surface area contributed by atoms with E-state index in [9.17, 15) is 4.79 Å². The Morgan fingerprint density at radius 2 is 1.86 bits per heavy atom. The number of hydrogen-bond donors (Lipinski definition) is 3. The van der Waals surface area contributed by atoms with Gasteiger partial charge in [0.25, 0.3) is 0 Å². The van der Waals surface area contributed by atoms with Gasteiger partial charge in [-0.25, -0.2) is 0 Å². The first kappa shape index (κ1) is 15.7. The van der Waals surface area contributed by atoms with Gasteiger partial charge in [-0.3, -0.25) is 4.79 Å². The zero-order chi connectivity index (χ0) is 4.28. The normalized spacial score (nSPS) is 5.29. The minimum Gasteiger partial charge on any atom is -0.481 e. The molecule has 0 bridgehead atoms. The van der Waals surface area contributed by atoms with E-state index in [1.54, 1.807) is 0 Å². The summed E-state index contributed by atoms with van der Waals surface area (Å²) >= 11 is 3.42. The van der Waals surface area contributed by atoms with E-state index in [4.69, 9.17) is 5.11 Å². The molecule has 5 heteroatoms. The van der Waals surface area contributed by atoms with Crippen molar-refractivity contribution in [3.05, 3.63) is 0 Å². The standard InChI is InChI=1S/C2H4O2S.H3N.Na/c3-2(4)1-5;;/h5H,1H2,(H,3,4);1H3;. The van der Waals surface area contributed by atoms with Gasteiger partial charge in [-0.05, 0) is 0 Å². The van der Waals surface area contributed by atoms with Crippen molar-refractivity contribution in [1.82, 2.24) is 6.15 Å². The molecule has 7 heavy (non-hydrogen) atoms. The molecular weight excluding hydrogens is 125 g/mol. The van der Waals surface area contributed by atoms with Crippen molar-refractivity contribution >= 4 is 48.2 Å². The summed E-state index contributed by atoms with van der Waals surface area (Å²) < 4.78 is 0. The van der Waals surface area contributed by atoms with E-state index in [2.05, 4.69) is 12.6 Å². The molecule has 0 spiro atoms. The second-order valence-electron chi connectivity index (χ2n) is 0.552. The molecule has 39 valence electrons. The minimum absolute atomic E-state index is 0. The van der Waals surface area contributed by atoms with Crippen LogP contribution in [0.5, 0.6) is 0 Å². The van der Waals surface area contributed by atoms with Crippen LogP contribution in [-0.2, 0) is 4.79 Å². The van der Waals surface area contributed by atoms with Crippen molar-refractivity contribution in [3.8, 4) is 0 Å². The number of carboxylic acid groups (broad SMARTS) is 1. The third kappa shape index (κ3) is 20.0. The van der Waals surface area contributed by atoms with Gasteiger partial charge in [-0.15, -0.1) is 0 Å². The van der Waals surface area contributed by atoms with E-state index in [1.807, 2.05) is 0 Å². The van der Waals surface area contributed by atoms with Crippen LogP contribution in [-0.4, -0.2) is 46.4 Å². The van der Waals surface area contributed by atoms with Gasteiger partial charge < -0.3 is 11.3 Å². The van der Waals surface area contributed by atoms with Gasteiger partial charge in [0.15, 0.2) is 0 Å². The van der Waals surface area contributed by atoms with Crippen LogP contribution in [0.4, 0.5) is 0 Å². The van der Waals surface area contributed by atoms with Crippen molar-refractivity contribution < 1.29 is 9.90 Å². The summed E-state index contributed by atoms with van der Waals surface area (Å²) in [5.41, 5.74) is 0. The number of hydrogen-bond acceptors (Lipinski definition) is 3. The molecule has 0 aliphatic carbocycles. The second kappa shape index (κ2) is 9.91. The average molecular weight is 132 g/mol. The van der Waals surface area contributed by atoms with E-state index in [-0.39, 0.29) is 41.5 Å². The predicted octanol–water partition coefficient (Wildman–Crippen LogP) is -0.218. The van der Waals surface area contributed by atoms with Crippen molar-refractivity contribution in [2.24, 2.45) is 0 Å². The van der Waals surface area contributed by atoms with Crippen LogP contribution in [0, 0.1) is 0 Å². The number of carboxylic acids is 1. The van der Waals surface area contributed by atoms with Crippen LogP contribution in [0.15, 0.2) is 0 Å². The Hall–Kier alpha value is 0.780. The molecule has 0 aromatic rings. The fourth-order valence-electron chi connectivity index (χ4n) is 0. The second-order valence-corrected chi connectivity index (χ2v) is 0.868. The van der Waals surface area contributed by atoms with Crippen molar-refractivity contribution in [3.63, 3.8) is 0 Å². The molecule has 0 fully saturated rings. The van der Waals surface area contributed by atoms with E-state index < -0.39 is 5.97 Å². The van der Waals surface area contributed by atoms with Crippen molar-refractivity contribution in [2.75, 3.05) is 5.75 Å². The van der Waals surface area contributed by atoms with Gasteiger partial charge in [0.1, 0.15) is 0 Å². The Balaban J connectivity index is -0.0000000800. The minimum atomic E-state index is -0.881. The van der Waals surface area contributed by atoms with Gasteiger partial charge in [0.2, 0.25) is 0 Å². The molecule has 0 rings (SSSR count). The zero-order valence-electron chi connectivity index (χ0n) is 4.22. The molecule has 0 saturated heterocycles. The van der Waals surface area contributed by atoms with E-state index >= 15 is 0 Å². The van der Waals surface area contributed by atoms with Crippen molar-refractivity contribution in [2.45, 2.75) is 0 Å². The first-order valence-corrected chi connectivity index (χ1v) is 1.73. The number of thiol groups is 1. The zero-order valence-corrected chi connectivity index (χ0v) is 7.11. The number of aliphatic carboxylic acids is 1. The number of carbonyl (C=O) groups is 1. The molecule has 1 radical (unpaired) electrons. The smallest absolute Gasteiger partial charge is 0.313 e. The third-order valence-corrected chi connectivity index (χ3v) is 0.406. The Kier molecular flexibility index (Phi) is 22.2. The molecular formula is C2H7NNaO2S. The summed E-state index contributed by atoms with van der Waals surface area (Å²) in [5.74, 6) is -0.965. The topological polar surface area (TPSA) is 72.3 Å². The molecule has 0 aromatic heterocycles. The quantitative estimate of drug-likeness (QED) is 0.341. The first-order chi connectivity index (χ1) is 2.27. The fourth-order valence-corrected chi connectivity index (χ4v) is 0. The van der Waals surface area contributed by atoms with E-state index in [0.717, 1.165) is 0 Å². The Bertz CT molecular complexity index is 51.0. The van der Waals surface area contributed by atoms with Crippen LogP contribution in [0.25, 0.3) is 0 Å². The number of rotatable bonds is 1. The Labute approximate surface area is 69.8 Å². The molecule has 0 saturated carbocycles. The maximum Gasteiger partial charge on any atom is 0.313 e. The predicted molar refractivity (Wildman–Crippen MR) is 32.3 cm³/mol. The maximum absolute atomic E-state index is 9.29. The first-order valence-electron chi connectivity index (χ1n) is 1.10. The van der Waals surface area contributed by atoms with Crippen LogP contribution in [0.3, 0.4) is 0 Å². The van der Waals surface area contributed by atoms with Gasteiger partial charge >= 0.3 is 5.97 Å². The molecule has 0 aromatic carbocycles. The summed E-state index contributed by atoms with van der Waals surface area (Å²) in [6.45, 7) is 0. The SMILES string of the molecule is N.O=C(O)CS.[Na]. The van der Waals surface area contributed by atoms with Crippen LogP contribution < -0.4 is 6.15 Å². The summed E-state index contributed by atoms with van der Waals surface area (Å²) in [6, 6.07) is 0. The molecule has 0 aliphatic rings. The molecule has 4 N–H and O–H groups in total. The Morgan fingerprint density at radius 1 is 1.71 bits per heavy atom.